The molecule has 0 aliphatic heterocycles. The third-order valence-electron chi connectivity index (χ3n) is 1.69. The van der Waals surface area contributed by atoms with Crippen LogP contribution >= 0.6 is 11.6 Å². The Morgan fingerprint density at radius 3 is 2.45 bits per heavy atom. The second-order valence-electron chi connectivity index (χ2n) is 3.01. The summed E-state index contributed by atoms with van der Waals surface area (Å²) in [5, 5.41) is 0.826. The highest BCUT2D eigenvalue weighted by atomic mass is 35.5. The quantitative estimate of drug-likeness (QED) is 0.599. The van der Waals surface area contributed by atoms with Crippen LogP contribution in [0.2, 0.25) is 5.02 Å². The fraction of sp³-hybridized carbons (Fsp3) is 0.300. The van der Waals surface area contributed by atoms with Crippen molar-refractivity contribution in [3.05, 3.63) is 41.3 Å². The van der Waals surface area contributed by atoms with E-state index in [0.717, 1.165) is 10.6 Å². The maximum absolute atomic E-state index is 5.98. The maximum Gasteiger partial charge on any atom is 0.0443 e. The molecular formula is C10H12Cl. The molecule has 1 radical (unpaired) electrons. The zero-order valence-corrected chi connectivity index (χ0v) is 7.65. The van der Waals surface area contributed by atoms with E-state index in [-0.39, 0.29) is 0 Å². The number of halogens is 1. The number of rotatable bonds is 1. The van der Waals surface area contributed by atoms with Gasteiger partial charge in [0.15, 0.2) is 0 Å². The van der Waals surface area contributed by atoms with Gasteiger partial charge in [0, 0.05) is 5.02 Å². The van der Waals surface area contributed by atoms with Crippen LogP contribution in [0.3, 0.4) is 0 Å². The largest absolute Gasteiger partial charge is 0.0840 e. The average Bonchev–Trinajstić information content (AvgIpc) is 1.85. The zero-order chi connectivity index (χ0) is 8.43. The van der Waals surface area contributed by atoms with Gasteiger partial charge in [0.25, 0.3) is 0 Å². The van der Waals surface area contributed by atoms with Crippen LogP contribution in [0.15, 0.2) is 18.2 Å². The minimum Gasteiger partial charge on any atom is -0.0840 e. The SMILES string of the molecule is [CH2]c1ccc(C(C)C)c(Cl)c1. The van der Waals surface area contributed by atoms with Gasteiger partial charge in [-0.1, -0.05) is 37.6 Å². The normalized spacial score (nSPS) is 10.6. The summed E-state index contributed by atoms with van der Waals surface area (Å²) in [6.07, 6.45) is 0. The molecule has 0 saturated heterocycles. The van der Waals surface area contributed by atoms with Crippen molar-refractivity contribution in [3.63, 3.8) is 0 Å². The van der Waals surface area contributed by atoms with Crippen molar-refractivity contribution in [1.82, 2.24) is 0 Å². The molecule has 0 aliphatic carbocycles. The monoisotopic (exact) mass is 167 g/mol. The van der Waals surface area contributed by atoms with E-state index < -0.39 is 0 Å². The number of benzene rings is 1. The Labute approximate surface area is 73.2 Å². The van der Waals surface area contributed by atoms with Crippen molar-refractivity contribution in [3.8, 4) is 0 Å². The van der Waals surface area contributed by atoms with E-state index in [1.54, 1.807) is 0 Å². The second-order valence-corrected chi connectivity index (χ2v) is 3.42. The first kappa shape index (κ1) is 8.61. The standard InChI is InChI=1S/C10H12Cl/c1-7(2)9-5-4-8(3)6-10(9)11/h4-7H,3H2,1-2H3. The maximum atomic E-state index is 5.98. The third-order valence-corrected chi connectivity index (χ3v) is 2.01. The third kappa shape index (κ3) is 1.97. The first-order valence-corrected chi connectivity index (χ1v) is 4.10. The van der Waals surface area contributed by atoms with Gasteiger partial charge in [0.1, 0.15) is 0 Å². The van der Waals surface area contributed by atoms with E-state index in [1.165, 1.54) is 5.56 Å². The predicted octanol–water partition coefficient (Wildman–Crippen LogP) is 3.65. The van der Waals surface area contributed by atoms with Crippen LogP contribution in [0.5, 0.6) is 0 Å². The van der Waals surface area contributed by atoms with Gasteiger partial charge < -0.3 is 0 Å². The van der Waals surface area contributed by atoms with Gasteiger partial charge in [-0.15, -0.1) is 0 Å². The summed E-state index contributed by atoms with van der Waals surface area (Å²) < 4.78 is 0. The summed E-state index contributed by atoms with van der Waals surface area (Å²) in [7, 11) is 0. The van der Waals surface area contributed by atoms with Crippen LogP contribution in [-0.2, 0) is 0 Å². The number of hydrogen-bond donors (Lipinski definition) is 0. The molecule has 0 heterocycles. The second kappa shape index (κ2) is 3.27. The van der Waals surface area contributed by atoms with Crippen LogP contribution in [0.25, 0.3) is 0 Å². The lowest BCUT2D eigenvalue weighted by Crippen LogP contribution is -1.88. The predicted molar refractivity (Wildman–Crippen MR) is 50.0 cm³/mol. The van der Waals surface area contributed by atoms with Gasteiger partial charge in [0.2, 0.25) is 0 Å². The lowest BCUT2D eigenvalue weighted by molar-refractivity contribution is 0.867. The van der Waals surface area contributed by atoms with Crippen LogP contribution in [-0.4, -0.2) is 0 Å². The molecule has 1 aromatic carbocycles. The Kier molecular flexibility index (Phi) is 2.56. The van der Waals surface area contributed by atoms with Gasteiger partial charge >= 0.3 is 0 Å². The van der Waals surface area contributed by atoms with E-state index in [1.807, 2.05) is 18.2 Å². The molecular weight excluding hydrogens is 156 g/mol. The zero-order valence-electron chi connectivity index (χ0n) is 6.89. The minimum atomic E-state index is 0.489. The summed E-state index contributed by atoms with van der Waals surface area (Å²) >= 11 is 5.98. The smallest absolute Gasteiger partial charge is 0.0443 e. The summed E-state index contributed by atoms with van der Waals surface area (Å²) in [4.78, 5) is 0. The highest BCUT2D eigenvalue weighted by Crippen LogP contribution is 2.24. The van der Waals surface area contributed by atoms with Gasteiger partial charge in [-0.05, 0) is 30.0 Å². The van der Waals surface area contributed by atoms with Crippen LogP contribution < -0.4 is 0 Å². The summed E-state index contributed by atoms with van der Waals surface area (Å²) in [5.41, 5.74) is 2.17. The Hall–Kier alpha value is -0.490. The molecule has 0 amide bonds. The van der Waals surface area contributed by atoms with Crippen molar-refractivity contribution >= 4 is 11.6 Å². The highest BCUT2D eigenvalue weighted by Gasteiger charge is 2.03. The molecule has 59 valence electrons. The molecule has 0 nitrogen and oxygen atoms in total. The molecule has 0 bridgehead atoms. The molecule has 1 rings (SSSR count). The minimum absolute atomic E-state index is 0.489. The van der Waals surface area contributed by atoms with Gasteiger partial charge in [-0.2, -0.15) is 0 Å². The van der Waals surface area contributed by atoms with E-state index in [4.69, 9.17) is 11.6 Å². The molecule has 0 unspecified atom stereocenters. The van der Waals surface area contributed by atoms with Crippen molar-refractivity contribution in [2.75, 3.05) is 0 Å². The lowest BCUT2D eigenvalue weighted by Gasteiger charge is -2.07. The molecule has 0 fully saturated rings. The topological polar surface area (TPSA) is 0 Å². The van der Waals surface area contributed by atoms with Gasteiger partial charge in [0.05, 0.1) is 0 Å². The molecule has 0 aromatic heterocycles. The van der Waals surface area contributed by atoms with E-state index in [0.29, 0.717) is 5.92 Å². The average molecular weight is 168 g/mol. The molecule has 11 heavy (non-hydrogen) atoms. The van der Waals surface area contributed by atoms with Crippen molar-refractivity contribution in [2.45, 2.75) is 19.8 Å². The van der Waals surface area contributed by atoms with Crippen molar-refractivity contribution < 1.29 is 0 Å². The summed E-state index contributed by atoms with van der Waals surface area (Å²) in [5.74, 6) is 0.489. The Morgan fingerprint density at radius 1 is 1.36 bits per heavy atom. The molecule has 0 atom stereocenters. The summed E-state index contributed by atoms with van der Waals surface area (Å²) in [6, 6.07) is 5.92. The van der Waals surface area contributed by atoms with E-state index in [9.17, 15) is 0 Å². The molecule has 0 aliphatic rings. The first-order valence-electron chi connectivity index (χ1n) is 3.72. The molecule has 0 N–H and O–H groups in total. The first-order chi connectivity index (χ1) is 5.11. The van der Waals surface area contributed by atoms with Crippen LogP contribution in [0, 0.1) is 6.92 Å². The van der Waals surface area contributed by atoms with Crippen LogP contribution in [0.4, 0.5) is 0 Å². The molecule has 0 saturated carbocycles. The lowest BCUT2D eigenvalue weighted by atomic mass is 10.0. The number of hydrogen-bond acceptors (Lipinski definition) is 0. The molecule has 1 aromatic rings. The Bertz CT molecular complexity index is 251. The van der Waals surface area contributed by atoms with Crippen molar-refractivity contribution in [2.24, 2.45) is 0 Å². The highest BCUT2D eigenvalue weighted by molar-refractivity contribution is 6.31. The van der Waals surface area contributed by atoms with E-state index >= 15 is 0 Å². The van der Waals surface area contributed by atoms with Gasteiger partial charge in [-0.25, -0.2) is 0 Å². The molecule has 1 heteroatoms. The fourth-order valence-electron chi connectivity index (χ4n) is 1.04. The van der Waals surface area contributed by atoms with E-state index in [2.05, 4.69) is 20.8 Å². The Balaban J connectivity index is 3.09. The van der Waals surface area contributed by atoms with Crippen molar-refractivity contribution in [1.29, 1.82) is 0 Å². The summed E-state index contributed by atoms with van der Waals surface area (Å²) in [6.45, 7) is 8.06. The Morgan fingerprint density at radius 2 is 2.00 bits per heavy atom. The molecule has 0 spiro atoms. The van der Waals surface area contributed by atoms with Crippen LogP contribution in [0.1, 0.15) is 30.9 Å². The van der Waals surface area contributed by atoms with Gasteiger partial charge in [-0.3, -0.25) is 0 Å². The fourth-order valence-corrected chi connectivity index (χ4v) is 1.46.